The Morgan fingerprint density at radius 3 is 2.38 bits per heavy atom. The van der Waals surface area contributed by atoms with Gasteiger partial charge in [-0.3, -0.25) is 4.98 Å². The average molecular weight is 224 g/mol. The summed E-state index contributed by atoms with van der Waals surface area (Å²) in [5, 5.41) is 18.3. The van der Waals surface area contributed by atoms with Gasteiger partial charge < -0.3 is 15.1 Å². The van der Waals surface area contributed by atoms with E-state index in [1.165, 1.54) is 0 Å². The van der Waals surface area contributed by atoms with E-state index in [4.69, 9.17) is 5.11 Å². The zero-order chi connectivity index (χ0) is 12.1. The summed E-state index contributed by atoms with van der Waals surface area (Å²) in [6, 6.07) is 4.05. The lowest BCUT2D eigenvalue weighted by Crippen LogP contribution is -2.33. The normalized spacial score (nSPS) is 12.9. The molecule has 4 heteroatoms. The fourth-order valence-corrected chi connectivity index (χ4v) is 1.61. The third-order valence-corrected chi connectivity index (χ3v) is 2.49. The molecule has 1 heterocycles. The standard InChI is InChI=1S/C12H20N2O2/c1-9(2)14(6-7-15)11-4-5-12(10(3)16)13-8-11/h4-5,8-10,15-16H,6-7H2,1-3H3/t10-/m1/s1. The number of aliphatic hydroxyl groups is 2. The van der Waals surface area contributed by atoms with Crippen LogP contribution in [0, 0.1) is 0 Å². The van der Waals surface area contributed by atoms with Gasteiger partial charge in [0.2, 0.25) is 0 Å². The van der Waals surface area contributed by atoms with Gasteiger partial charge in [-0.1, -0.05) is 0 Å². The third kappa shape index (κ3) is 3.18. The van der Waals surface area contributed by atoms with Crippen LogP contribution in [0.2, 0.25) is 0 Å². The van der Waals surface area contributed by atoms with Crippen LogP contribution in [0.5, 0.6) is 0 Å². The molecule has 90 valence electrons. The lowest BCUT2D eigenvalue weighted by molar-refractivity contribution is 0.194. The number of pyridine rings is 1. The van der Waals surface area contributed by atoms with Gasteiger partial charge in [0.1, 0.15) is 0 Å². The van der Waals surface area contributed by atoms with Crippen LogP contribution in [0.3, 0.4) is 0 Å². The van der Waals surface area contributed by atoms with Gasteiger partial charge in [-0.2, -0.15) is 0 Å². The largest absolute Gasteiger partial charge is 0.395 e. The number of hydrogen-bond acceptors (Lipinski definition) is 4. The van der Waals surface area contributed by atoms with Crippen LogP contribution in [-0.2, 0) is 0 Å². The molecule has 2 N–H and O–H groups in total. The van der Waals surface area contributed by atoms with Crippen LogP contribution >= 0.6 is 0 Å². The molecule has 1 aromatic heterocycles. The second-order valence-electron chi connectivity index (χ2n) is 4.13. The topological polar surface area (TPSA) is 56.6 Å². The fraction of sp³-hybridized carbons (Fsp3) is 0.583. The van der Waals surface area contributed by atoms with Crippen LogP contribution in [0.15, 0.2) is 18.3 Å². The minimum absolute atomic E-state index is 0.121. The monoisotopic (exact) mass is 224 g/mol. The van der Waals surface area contributed by atoms with Crippen molar-refractivity contribution in [2.75, 3.05) is 18.1 Å². The van der Waals surface area contributed by atoms with E-state index in [9.17, 15) is 5.11 Å². The quantitative estimate of drug-likeness (QED) is 0.792. The Labute approximate surface area is 96.6 Å². The molecule has 1 rings (SSSR count). The summed E-state index contributed by atoms with van der Waals surface area (Å²) in [6.07, 6.45) is 1.19. The molecule has 0 aliphatic heterocycles. The molecule has 0 saturated heterocycles. The maximum absolute atomic E-state index is 9.35. The number of rotatable bonds is 5. The first-order chi connectivity index (χ1) is 7.56. The van der Waals surface area contributed by atoms with Crippen molar-refractivity contribution < 1.29 is 10.2 Å². The molecule has 0 amide bonds. The van der Waals surface area contributed by atoms with E-state index in [0.717, 1.165) is 5.69 Å². The lowest BCUT2D eigenvalue weighted by atomic mass is 10.2. The molecule has 1 aromatic rings. The Kier molecular flexibility index (Phi) is 4.71. The van der Waals surface area contributed by atoms with E-state index < -0.39 is 6.10 Å². The third-order valence-electron chi connectivity index (χ3n) is 2.49. The molecule has 0 saturated carbocycles. The summed E-state index contributed by atoms with van der Waals surface area (Å²) in [5.74, 6) is 0. The zero-order valence-corrected chi connectivity index (χ0v) is 10.1. The SMILES string of the molecule is CC(C)N(CCO)c1ccc([C@@H](C)O)nc1. The van der Waals surface area contributed by atoms with Crippen molar-refractivity contribution >= 4 is 5.69 Å². The highest BCUT2D eigenvalue weighted by Crippen LogP contribution is 2.18. The van der Waals surface area contributed by atoms with Crippen molar-refractivity contribution in [3.05, 3.63) is 24.0 Å². The molecular weight excluding hydrogens is 204 g/mol. The Balaban J connectivity index is 2.85. The molecule has 0 radical (unpaired) electrons. The molecule has 0 aromatic carbocycles. The van der Waals surface area contributed by atoms with Gasteiger partial charge in [-0.15, -0.1) is 0 Å². The highest BCUT2D eigenvalue weighted by atomic mass is 16.3. The van der Waals surface area contributed by atoms with Crippen molar-refractivity contribution in [3.8, 4) is 0 Å². The minimum atomic E-state index is -0.542. The maximum atomic E-state index is 9.35. The van der Waals surface area contributed by atoms with Crippen LogP contribution in [0.1, 0.15) is 32.6 Å². The molecule has 0 aliphatic rings. The van der Waals surface area contributed by atoms with Gasteiger partial charge in [0.05, 0.1) is 30.3 Å². The summed E-state index contributed by atoms with van der Waals surface area (Å²) in [7, 11) is 0. The van der Waals surface area contributed by atoms with Gasteiger partial charge in [-0.25, -0.2) is 0 Å². The molecule has 4 nitrogen and oxygen atoms in total. The maximum Gasteiger partial charge on any atom is 0.0931 e. The molecule has 0 fully saturated rings. The number of aliphatic hydroxyl groups excluding tert-OH is 2. The summed E-state index contributed by atoms with van der Waals surface area (Å²) >= 11 is 0. The molecule has 0 spiro atoms. The molecular formula is C12H20N2O2. The van der Waals surface area contributed by atoms with Gasteiger partial charge >= 0.3 is 0 Å². The molecule has 0 aliphatic carbocycles. The second kappa shape index (κ2) is 5.82. The summed E-state index contributed by atoms with van der Waals surface area (Å²) in [4.78, 5) is 6.26. The van der Waals surface area contributed by atoms with Gasteiger partial charge in [0.15, 0.2) is 0 Å². The number of nitrogens with zero attached hydrogens (tertiary/aromatic N) is 2. The zero-order valence-electron chi connectivity index (χ0n) is 10.1. The van der Waals surface area contributed by atoms with Gasteiger partial charge in [0, 0.05) is 12.6 Å². The van der Waals surface area contributed by atoms with Gasteiger partial charge in [0.25, 0.3) is 0 Å². The van der Waals surface area contributed by atoms with E-state index in [1.54, 1.807) is 13.1 Å². The van der Waals surface area contributed by atoms with Crippen LogP contribution in [0.25, 0.3) is 0 Å². The highest BCUT2D eigenvalue weighted by Gasteiger charge is 2.10. The molecule has 0 unspecified atom stereocenters. The Hall–Kier alpha value is -1.13. The van der Waals surface area contributed by atoms with E-state index in [0.29, 0.717) is 18.3 Å². The molecule has 16 heavy (non-hydrogen) atoms. The Morgan fingerprint density at radius 2 is 2.00 bits per heavy atom. The summed E-state index contributed by atoms with van der Waals surface area (Å²) < 4.78 is 0. The van der Waals surface area contributed by atoms with E-state index in [-0.39, 0.29) is 6.61 Å². The average Bonchev–Trinajstić information content (AvgIpc) is 2.25. The van der Waals surface area contributed by atoms with Crippen LogP contribution < -0.4 is 4.90 Å². The van der Waals surface area contributed by atoms with Crippen molar-refractivity contribution in [2.24, 2.45) is 0 Å². The second-order valence-corrected chi connectivity index (χ2v) is 4.13. The van der Waals surface area contributed by atoms with Crippen molar-refractivity contribution in [1.29, 1.82) is 0 Å². The van der Waals surface area contributed by atoms with Crippen molar-refractivity contribution in [1.82, 2.24) is 4.98 Å². The van der Waals surface area contributed by atoms with E-state index >= 15 is 0 Å². The summed E-state index contributed by atoms with van der Waals surface area (Å²) in [5.41, 5.74) is 1.63. The molecule has 0 bridgehead atoms. The Bertz CT molecular complexity index is 309. The highest BCUT2D eigenvalue weighted by molar-refractivity contribution is 5.45. The minimum Gasteiger partial charge on any atom is -0.395 e. The predicted octanol–water partition coefficient (Wildman–Crippen LogP) is 1.34. The van der Waals surface area contributed by atoms with Gasteiger partial charge in [-0.05, 0) is 32.9 Å². The molecule has 1 atom stereocenters. The first-order valence-electron chi connectivity index (χ1n) is 5.57. The lowest BCUT2D eigenvalue weighted by Gasteiger charge is -2.28. The number of hydrogen-bond donors (Lipinski definition) is 2. The van der Waals surface area contributed by atoms with Crippen LogP contribution in [-0.4, -0.2) is 34.4 Å². The number of aromatic nitrogens is 1. The smallest absolute Gasteiger partial charge is 0.0931 e. The van der Waals surface area contributed by atoms with Crippen molar-refractivity contribution in [3.63, 3.8) is 0 Å². The first-order valence-corrected chi connectivity index (χ1v) is 5.57. The van der Waals surface area contributed by atoms with Crippen LogP contribution in [0.4, 0.5) is 5.69 Å². The fourth-order valence-electron chi connectivity index (χ4n) is 1.61. The van der Waals surface area contributed by atoms with Crippen molar-refractivity contribution in [2.45, 2.75) is 32.9 Å². The predicted molar refractivity (Wildman–Crippen MR) is 64.4 cm³/mol. The van der Waals surface area contributed by atoms with E-state index in [1.807, 2.05) is 12.1 Å². The summed E-state index contributed by atoms with van der Waals surface area (Å²) in [6.45, 7) is 6.54. The Morgan fingerprint density at radius 1 is 1.31 bits per heavy atom. The number of anilines is 1. The first kappa shape index (κ1) is 12.9. The van der Waals surface area contributed by atoms with E-state index in [2.05, 4.69) is 23.7 Å².